The number of esters is 1. The predicted molar refractivity (Wildman–Crippen MR) is 81.7 cm³/mol. The molecule has 0 saturated heterocycles. The minimum atomic E-state index is -1.00. The maximum absolute atomic E-state index is 11.7. The fourth-order valence-electron chi connectivity index (χ4n) is 2.06. The van der Waals surface area contributed by atoms with Gasteiger partial charge in [-0.2, -0.15) is 0 Å². The van der Waals surface area contributed by atoms with Crippen LogP contribution in [-0.4, -0.2) is 23.7 Å². The van der Waals surface area contributed by atoms with Crippen LogP contribution in [0.2, 0.25) is 0 Å². The Morgan fingerprint density at radius 1 is 0.905 bits per heavy atom. The second kappa shape index (κ2) is 9.97. The van der Waals surface area contributed by atoms with Crippen LogP contribution in [0, 0.1) is 0 Å². The lowest BCUT2D eigenvalue weighted by Crippen LogP contribution is -2.07. The van der Waals surface area contributed by atoms with Gasteiger partial charge < -0.3 is 9.84 Å². The first-order chi connectivity index (χ1) is 10.1. The van der Waals surface area contributed by atoms with Gasteiger partial charge >= 0.3 is 11.9 Å². The van der Waals surface area contributed by atoms with Crippen molar-refractivity contribution >= 4 is 11.9 Å². The van der Waals surface area contributed by atoms with Crippen molar-refractivity contribution < 1.29 is 19.4 Å². The molecule has 0 aliphatic rings. The summed E-state index contributed by atoms with van der Waals surface area (Å²) in [5.74, 6) is -1.39. The molecule has 0 amide bonds. The molecule has 0 aliphatic carbocycles. The third-order valence-electron chi connectivity index (χ3n) is 3.35. The van der Waals surface area contributed by atoms with Crippen molar-refractivity contribution in [1.82, 2.24) is 0 Å². The Morgan fingerprint density at radius 3 is 2.00 bits per heavy atom. The molecule has 1 aromatic carbocycles. The summed E-state index contributed by atoms with van der Waals surface area (Å²) in [6.07, 6.45) is 8.22. The molecule has 1 N–H and O–H groups in total. The van der Waals surface area contributed by atoms with Crippen LogP contribution < -0.4 is 0 Å². The predicted octanol–water partition coefficient (Wildman–Crippen LogP) is 4.29. The summed E-state index contributed by atoms with van der Waals surface area (Å²) >= 11 is 0. The van der Waals surface area contributed by atoms with Gasteiger partial charge in [-0.05, 0) is 30.7 Å². The van der Waals surface area contributed by atoms with Crippen molar-refractivity contribution in [2.75, 3.05) is 6.61 Å². The summed E-state index contributed by atoms with van der Waals surface area (Å²) in [4.78, 5) is 22.4. The van der Waals surface area contributed by atoms with Crippen LogP contribution in [0.25, 0.3) is 0 Å². The highest BCUT2D eigenvalue weighted by molar-refractivity contribution is 5.92. The molecule has 0 saturated carbocycles. The second-order valence-electron chi connectivity index (χ2n) is 5.14. The highest BCUT2D eigenvalue weighted by Crippen LogP contribution is 2.09. The fraction of sp³-hybridized carbons (Fsp3) is 0.529. The molecular formula is C17H24O4. The zero-order chi connectivity index (χ0) is 15.5. The quantitative estimate of drug-likeness (QED) is 0.516. The molecule has 0 radical (unpaired) electrons. The third kappa shape index (κ3) is 6.93. The number of ether oxygens (including phenoxy) is 1. The lowest BCUT2D eigenvalue weighted by atomic mass is 10.1. The molecule has 0 spiro atoms. The van der Waals surface area contributed by atoms with E-state index in [-0.39, 0.29) is 5.56 Å². The van der Waals surface area contributed by atoms with E-state index >= 15 is 0 Å². The highest BCUT2D eigenvalue weighted by Gasteiger charge is 2.08. The van der Waals surface area contributed by atoms with E-state index in [2.05, 4.69) is 6.92 Å². The molecule has 21 heavy (non-hydrogen) atoms. The molecule has 0 aromatic heterocycles. The first-order valence-corrected chi connectivity index (χ1v) is 7.65. The molecule has 4 nitrogen and oxygen atoms in total. The van der Waals surface area contributed by atoms with E-state index in [0.717, 1.165) is 12.8 Å². The Bertz CT molecular complexity index is 437. The Labute approximate surface area is 126 Å². The number of carbonyl (C=O) groups excluding carboxylic acids is 1. The van der Waals surface area contributed by atoms with Crippen molar-refractivity contribution in [3.8, 4) is 0 Å². The number of carbonyl (C=O) groups is 2. The topological polar surface area (TPSA) is 63.6 Å². The van der Waals surface area contributed by atoms with E-state index < -0.39 is 11.9 Å². The summed E-state index contributed by atoms with van der Waals surface area (Å²) in [6, 6.07) is 5.78. The van der Waals surface area contributed by atoms with E-state index in [1.807, 2.05) is 0 Å². The number of aromatic carboxylic acids is 1. The number of benzene rings is 1. The second-order valence-corrected chi connectivity index (χ2v) is 5.14. The number of hydrogen-bond donors (Lipinski definition) is 1. The van der Waals surface area contributed by atoms with Crippen molar-refractivity contribution in [1.29, 1.82) is 0 Å². The Morgan fingerprint density at radius 2 is 1.43 bits per heavy atom. The third-order valence-corrected chi connectivity index (χ3v) is 3.35. The smallest absolute Gasteiger partial charge is 0.338 e. The first-order valence-electron chi connectivity index (χ1n) is 7.65. The number of carboxylic acid groups (broad SMARTS) is 1. The average molecular weight is 292 g/mol. The average Bonchev–Trinajstić information content (AvgIpc) is 2.49. The van der Waals surface area contributed by atoms with E-state index in [4.69, 9.17) is 9.84 Å². The maximum atomic E-state index is 11.7. The van der Waals surface area contributed by atoms with E-state index in [1.54, 1.807) is 0 Å². The van der Waals surface area contributed by atoms with Gasteiger partial charge in [0.05, 0.1) is 17.7 Å². The van der Waals surface area contributed by atoms with Gasteiger partial charge in [0.15, 0.2) is 0 Å². The van der Waals surface area contributed by atoms with Crippen molar-refractivity contribution in [2.24, 2.45) is 0 Å². The molecule has 1 rings (SSSR count). The normalized spacial score (nSPS) is 10.3. The molecule has 0 unspecified atom stereocenters. The largest absolute Gasteiger partial charge is 0.478 e. The van der Waals surface area contributed by atoms with Gasteiger partial charge in [0, 0.05) is 0 Å². The molecule has 4 heteroatoms. The van der Waals surface area contributed by atoms with Crippen molar-refractivity contribution in [3.63, 3.8) is 0 Å². The van der Waals surface area contributed by atoms with Crippen molar-refractivity contribution in [3.05, 3.63) is 35.4 Å². The molecule has 0 heterocycles. The highest BCUT2D eigenvalue weighted by atomic mass is 16.5. The molecule has 0 fully saturated rings. The molecule has 1 aromatic rings. The SMILES string of the molecule is CCCCCCCCCOC(=O)c1ccc(C(=O)O)cc1. The monoisotopic (exact) mass is 292 g/mol. The summed E-state index contributed by atoms with van der Waals surface area (Å²) in [5.41, 5.74) is 0.557. The number of rotatable bonds is 10. The van der Waals surface area contributed by atoms with Gasteiger partial charge in [-0.15, -0.1) is 0 Å². The number of hydrogen-bond acceptors (Lipinski definition) is 3. The molecule has 0 bridgehead atoms. The van der Waals surface area contributed by atoms with E-state index in [9.17, 15) is 9.59 Å². The van der Waals surface area contributed by atoms with Crippen LogP contribution in [-0.2, 0) is 4.74 Å². The lowest BCUT2D eigenvalue weighted by molar-refractivity contribution is 0.0496. The number of carboxylic acids is 1. The van der Waals surface area contributed by atoms with Crippen LogP contribution in [0.1, 0.15) is 72.6 Å². The fourth-order valence-corrected chi connectivity index (χ4v) is 2.06. The van der Waals surface area contributed by atoms with Crippen LogP contribution >= 0.6 is 0 Å². The van der Waals surface area contributed by atoms with E-state index in [1.165, 1.54) is 56.4 Å². The van der Waals surface area contributed by atoms with Gasteiger partial charge in [0.25, 0.3) is 0 Å². The summed E-state index contributed by atoms with van der Waals surface area (Å²) < 4.78 is 5.17. The van der Waals surface area contributed by atoms with Gasteiger partial charge in [-0.1, -0.05) is 45.4 Å². The lowest BCUT2D eigenvalue weighted by Gasteiger charge is -2.05. The zero-order valence-electron chi connectivity index (χ0n) is 12.6. The number of unbranched alkanes of at least 4 members (excludes halogenated alkanes) is 6. The standard InChI is InChI=1S/C17H24O4/c1-2-3-4-5-6-7-8-13-21-17(20)15-11-9-14(10-12-15)16(18)19/h9-12H,2-8,13H2,1H3,(H,18,19). The molecular weight excluding hydrogens is 268 g/mol. The van der Waals surface area contributed by atoms with Gasteiger partial charge in [0.2, 0.25) is 0 Å². The summed E-state index contributed by atoms with van der Waals surface area (Å²) in [5, 5.41) is 8.78. The van der Waals surface area contributed by atoms with E-state index in [0.29, 0.717) is 12.2 Å². The van der Waals surface area contributed by atoms with Crippen LogP contribution in [0.5, 0.6) is 0 Å². The van der Waals surface area contributed by atoms with Crippen LogP contribution in [0.3, 0.4) is 0 Å². The molecule has 0 aliphatic heterocycles. The van der Waals surface area contributed by atoms with Gasteiger partial charge in [-0.25, -0.2) is 9.59 Å². The van der Waals surface area contributed by atoms with Gasteiger partial charge in [0.1, 0.15) is 0 Å². The Balaban J connectivity index is 2.17. The molecule has 116 valence electrons. The minimum absolute atomic E-state index is 0.165. The summed E-state index contributed by atoms with van der Waals surface area (Å²) in [7, 11) is 0. The minimum Gasteiger partial charge on any atom is -0.478 e. The van der Waals surface area contributed by atoms with Crippen LogP contribution in [0.4, 0.5) is 0 Å². The maximum Gasteiger partial charge on any atom is 0.338 e. The van der Waals surface area contributed by atoms with Gasteiger partial charge in [-0.3, -0.25) is 0 Å². The zero-order valence-corrected chi connectivity index (χ0v) is 12.6. The molecule has 0 atom stereocenters. The first kappa shape index (κ1) is 17.2. The van der Waals surface area contributed by atoms with Crippen LogP contribution in [0.15, 0.2) is 24.3 Å². The Kier molecular flexibility index (Phi) is 8.17. The Hall–Kier alpha value is -1.84. The van der Waals surface area contributed by atoms with Crippen molar-refractivity contribution in [2.45, 2.75) is 51.9 Å². The summed E-state index contributed by atoms with van der Waals surface area (Å²) in [6.45, 7) is 2.62.